The van der Waals surface area contributed by atoms with Crippen LogP contribution in [0.5, 0.6) is 0 Å². The van der Waals surface area contributed by atoms with Gasteiger partial charge in [-0.05, 0) is 25.2 Å². The van der Waals surface area contributed by atoms with E-state index in [-0.39, 0.29) is 0 Å². The fraction of sp³-hybridized carbons (Fsp3) is 0.462. The number of piperidine rings is 1. The number of hydrogen-bond donors (Lipinski definition) is 1. The highest BCUT2D eigenvalue weighted by molar-refractivity contribution is 7.98. The summed E-state index contributed by atoms with van der Waals surface area (Å²) in [5.74, 6) is 1.61. The first-order chi connectivity index (χ1) is 9.76. The maximum atomic E-state index is 5.67. The largest absolute Gasteiger partial charge is 0.382 e. The molecule has 0 saturated carbocycles. The molecule has 1 aliphatic heterocycles. The van der Waals surface area contributed by atoms with Crippen molar-refractivity contribution >= 4 is 23.4 Å². The highest BCUT2D eigenvalue weighted by atomic mass is 32.2. The molecule has 7 heteroatoms. The standard InChI is InChI=1S/C13H18N6S/c1-20-13-8-12(15-9-16-13)18-5-2-10(3-6-18)19-7-4-11(14)17-19/h4,7-10H,2-3,5-6H2,1H3,(H2,14,17). The summed E-state index contributed by atoms with van der Waals surface area (Å²) in [6.45, 7) is 1.96. The monoisotopic (exact) mass is 290 g/mol. The predicted molar refractivity (Wildman–Crippen MR) is 80.9 cm³/mol. The highest BCUT2D eigenvalue weighted by Gasteiger charge is 2.22. The lowest BCUT2D eigenvalue weighted by Gasteiger charge is -2.32. The summed E-state index contributed by atoms with van der Waals surface area (Å²) >= 11 is 1.64. The second-order valence-electron chi connectivity index (χ2n) is 4.86. The molecular weight excluding hydrogens is 272 g/mol. The molecule has 3 rings (SSSR count). The molecule has 2 N–H and O–H groups in total. The maximum Gasteiger partial charge on any atom is 0.145 e. The first-order valence-corrected chi connectivity index (χ1v) is 7.90. The topological polar surface area (TPSA) is 72.9 Å². The molecule has 20 heavy (non-hydrogen) atoms. The lowest BCUT2D eigenvalue weighted by atomic mass is 10.1. The van der Waals surface area contributed by atoms with Crippen molar-refractivity contribution in [1.82, 2.24) is 19.7 Å². The smallest absolute Gasteiger partial charge is 0.145 e. The molecule has 0 radical (unpaired) electrons. The van der Waals surface area contributed by atoms with Gasteiger partial charge in [-0.2, -0.15) is 5.10 Å². The van der Waals surface area contributed by atoms with Gasteiger partial charge in [0.1, 0.15) is 23.0 Å². The van der Waals surface area contributed by atoms with Gasteiger partial charge in [0.2, 0.25) is 0 Å². The van der Waals surface area contributed by atoms with Crippen LogP contribution in [0.1, 0.15) is 18.9 Å². The fourth-order valence-electron chi connectivity index (χ4n) is 2.53. The summed E-state index contributed by atoms with van der Waals surface area (Å²) < 4.78 is 1.99. The maximum absolute atomic E-state index is 5.67. The molecule has 1 saturated heterocycles. The molecule has 0 unspecified atom stereocenters. The molecule has 0 spiro atoms. The van der Waals surface area contributed by atoms with Crippen LogP contribution < -0.4 is 10.6 Å². The SMILES string of the molecule is CSc1cc(N2CCC(n3ccc(N)n3)CC2)ncn1. The molecule has 106 valence electrons. The zero-order valence-electron chi connectivity index (χ0n) is 11.4. The van der Waals surface area contributed by atoms with Crippen molar-refractivity contribution in [3.63, 3.8) is 0 Å². The van der Waals surface area contributed by atoms with E-state index in [1.807, 2.05) is 23.2 Å². The third-order valence-corrected chi connectivity index (χ3v) is 4.27. The molecule has 0 atom stereocenters. The number of anilines is 2. The van der Waals surface area contributed by atoms with E-state index in [0.717, 1.165) is 36.8 Å². The first-order valence-electron chi connectivity index (χ1n) is 6.68. The molecular formula is C13H18N6S. The second kappa shape index (κ2) is 5.70. The Bertz CT molecular complexity index is 576. The van der Waals surface area contributed by atoms with Crippen LogP contribution in [0.25, 0.3) is 0 Å². The summed E-state index contributed by atoms with van der Waals surface area (Å²) in [4.78, 5) is 10.9. The molecule has 1 fully saturated rings. The van der Waals surface area contributed by atoms with Gasteiger partial charge in [-0.3, -0.25) is 4.68 Å². The Morgan fingerprint density at radius 3 is 2.75 bits per heavy atom. The molecule has 2 aromatic heterocycles. The van der Waals surface area contributed by atoms with E-state index < -0.39 is 0 Å². The number of nitrogens with two attached hydrogens (primary N) is 1. The van der Waals surface area contributed by atoms with Crippen molar-refractivity contribution in [3.05, 3.63) is 24.7 Å². The van der Waals surface area contributed by atoms with Crippen molar-refractivity contribution in [2.45, 2.75) is 23.9 Å². The number of nitrogens with zero attached hydrogens (tertiary/aromatic N) is 5. The second-order valence-corrected chi connectivity index (χ2v) is 5.68. The summed E-state index contributed by atoms with van der Waals surface area (Å²) in [6.07, 6.45) is 7.74. The number of nitrogen functional groups attached to an aromatic ring is 1. The van der Waals surface area contributed by atoms with Crippen molar-refractivity contribution < 1.29 is 0 Å². The molecule has 6 nitrogen and oxygen atoms in total. The minimum atomic E-state index is 0.436. The van der Waals surface area contributed by atoms with Crippen molar-refractivity contribution in [1.29, 1.82) is 0 Å². The number of aromatic nitrogens is 4. The van der Waals surface area contributed by atoms with E-state index in [1.54, 1.807) is 18.1 Å². The Kier molecular flexibility index (Phi) is 3.77. The third kappa shape index (κ3) is 2.72. The van der Waals surface area contributed by atoms with Crippen LogP contribution in [0.4, 0.5) is 11.6 Å². The van der Waals surface area contributed by atoms with Gasteiger partial charge in [0.25, 0.3) is 0 Å². The molecule has 3 heterocycles. The highest BCUT2D eigenvalue weighted by Crippen LogP contribution is 2.26. The van der Waals surface area contributed by atoms with Crippen LogP contribution in [0.3, 0.4) is 0 Å². The lowest BCUT2D eigenvalue weighted by Crippen LogP contribution is -2.35. The molecule has 0 aromatic carbocycles. The average molecular weight is 290 g/mol. The van der Waals surface area contributed by atoms with Gasteiger partial charge in [0.15, 0.2) is 0 Å². The summed E-state index contributed by atoms with van der Waals surface area (Å²) in [5.41, 5.74) is 5.67. The van der Waals surface area contributed by atoms with E-state index in [9.17, 15) is 0 Å². The predicted octanol–water partition coefficient (Wildman–Crippen LogP) is 1.82. The Hall–Kier alpha value is -1.76. The molecule has 1 aliphatic rings. The molecule has 0 aliphatic carbocycles. The van der Waals surface area contributed by atoms with Crippen LogP contribution in [0.2, 0.25) is 0 Å². The van der Waals surface area contributed by atoms with Gasteiger partial charge in [-0.25, -0.2) is 9.97 Å². The van der Waals surface area contributed by atoms with Crippen LogP contribution in [0.15, 0.2) is 29.7 Å². The summed E-state index contributed by atoms with van der Waals surface area (Å²) in [5, 5.41) is 5.32. The Balaban J connectivity index is 1.66. The van der Waals surface area contributed by atoms with Crippen molar-refractivity contribution in [3.8, 4) is 0 Å². The van der Waals surface area contributed by atoms with Gasteiger partial charge in [-0.1, -0.05) is 0 Å². The zero-order chi connectivity index (χ0) is 13.9. The zero-order valence-corrected chi connectivity index (χ0v) is 12.3. The molecule has 0 amide bonds. The fourth-order valence-corrected chi connectivity index (χ4v) is 2.91. The Morgan fingerprint density at radius 2 is 2.10 bits per heavy atom. The van der Waals surface area contributed by atoms with Crippen LogP contribution in [-0.2, 0) is 0 Å². The van der Waals surface area contributed by atoms with Gasteiger partial charge < -0.3 is 10.6 Å². The van der Waals surface area contributed by atoms with E-state index in [4.69, 9.17) is 5.73 Å². The average Bonchev–Trinajstić information content (AvgIpc) is 2.94. The lowest BCUT2D eigenvalue weighted by molar-refractivity contribution is 0.366. The normalized spacial score (nSPS) is 16.6. The number of thioether (sulfide) groups is 1. The van der Waals surface area contributed by atoms with Gasteiger partial charge >= 0.3 is 0 Å². The van der Waals surface area contributed by atoms with E-state index in [2.05, 4.69) is 26.0 Å². The van der Waals surface area contributed by atoms with Crippen LogP contribution in [-0.4, -0.2) is 39.1 Å². The first kappa shape index (κ1) is 13.2. The van der Waals surface area contributed by atoms with E-state index in [1.165, 1.54) is 0 Å². The Morgan fingerprint density at radius 1 is 1.30 bits per heavy atom. The van der Waals surface area contributed by atoms with E-state index >= 15 is 0 Å². The van der Waals surface area contributed by atoms with Crippen molar-refractivity contribution in [2.24, 2.45) is 0 Å². The van der Waals surface area contributed by atoms with Gasteiger partial charge in [-0.15, -0.1) is 11.8 Å². The Labute approximate surface area is 122 Å². The minimum Gasteiger partial charge on any atom is -0.382 e. The van der Waals surface area contributed by atoms with Crippen molar-refractivity contribution in [2.75, 3.05) is 30.0 Å². The third-order valence-electron chi connectivity index (χ3n) is 3.63. The summed E-state index contributed by atoms with van der Waals surface area (Å²) in [6, 6.07) is 4.34. The van der Waals surface area contributed by atoms with Crippen LogP contribution >= 0.6 is 11.8 Å². The quantitative estimate of drug-likeness (QED) is 0.686. The molecule has 2 aromatic rings. The van der Waals surface area contributed by atoms with Gasteiger partial charge in [0.05, 0.1) is 6.04 Å². The molecule has 0 bridgehead atoms. The minimum absolute atomic E-state index is 0.436. The van der Waals surface area contributed by atoms with Crippen LogP contribution in [0, 0.1) is 0 Å². The number of hydrogen-bond acceptors (Lipinski definition) is 6. The summed E-state index contributed by atoms with van der Waals surface area (Å²) in [7, 11) is 0. The van der Waals surface area contributed by atoms with Gasteiger partial charge in [0, 0.05) is 25.4 Å². The number of rotatable bonds is 3. The van der Waals surface area contributed by atoms with E-state index in [0.29, 0.717) is 11.9 Å².